The van der Waals surface area contributed by atoms with Gasteiger partial charge in [-0.3, -0.25) is 0 Å². The van der Waals surface area contributed by atoms with Crippen LogP contribution in [0.15, 0.2) is 47.5 Å². The molecule has 0 saturated heterocycles. The van der Waals surface area contributed by atoms with Crippen LogP contribution in [-0.2, 0) is 15.4 Å². The molecule has 1 aromatic carbocycles. The molecule has 0 aliphatic heterocycles. The van der Waals surface area contributed by atoms with Gasteiger partial charge in [0, 0.05) is 19.0 Å². The van der Waals surface area contributed by atoms with Crippen LogP contribution >= 0.6 is 0 Å². The van der Waals surface area contributed by atoms with E-state index in [9.17, 15) is 17.9 Å². The van der Waals surface area contributed by atoms with Gasteiger partial charge in [0.1, 0.15) is 17.2 Å². The van der Waals surface area contributed by atoms with Crippen LogP contribution in [0, 0.1) is 5.82 Å². The highest BCUT2D eigenvalue weighted by Gasteiger charge is 2.23. The number of hydrogen-bond donors (Lipinski definition) is 2. The zero-order valence-electron chi connectivity index (χ0n) is 12.2. The van der Waals surface area contributed by atoms with E-state index in [1.54, 1.807) is 13.0 Å². The van der Waals surface area contributed by atoms with Crippen molar-refractivity contribution in [1.82, 2.24) is 4.98 Å². The van der Waals surface area contributed by atoms with Crippen molar-refractivity contribution in [2.24, 2.45) is 0 Å². The summed E-state index contributed by atoms with van der Waals surface area (Å²) in [7, 11) is -3.29. The summed E-state index contributed by atoms with van der Waals surface area (Å²) < 4.78 is 35.9. The zero-order valence-corrected chi connectivity index (χ0v) is 13.1. The maximum atomic E-state index is 13.2. The average molecular weight is 324 g/mol. The smallest absolute Gasteiger partial charge is 0.177 e. The minimum atomic E-state index is -3.29. The Morgan fingerprint density at radius 2 is 2.05 bits per heavy atom. The number of hydrogen-bond acceptors (Lipinski definition) is 5. The van der Waals surface area contributed by atoms with E-state index in [0.29, 0.717) is 11.4 Å². The molecule has 1 atom stereocenters. The van der Waals surface area contributed by atoms with Gasteiger partial charge in [-0.2, -0.15) is 0 Å². The third-order valence-electron chi connectivity index (χ3n) is 3.22. The molecule has 118 valence electrons. The molecule has 0 radical (unpaired) electrons. The Balaban J connectivity index is 2.09. The van der Waals surface area contributed by atoms with E-state index < -0.39 is 21.3 Å². The van der Waals surface area contributed by atoms with Crippen molar-refractivity contribution in [3.63, 3.8) is 0 Å². The van der Waals surface area contributed by atoms with E-state index in [0.717, 1.165) is 6.26 Å². The topological polar surface area (TPSA) is 79.3 Å². The molecule has 0 bridgehead atoms. The lowest BCUT2D eigenvalue weighted by molar-refractivity contribution is 0.0711. The van der Waals surface area contributed by atoms with Gasteiger partial charge in [-0.1, -0.05) is 12.1 Å². The molecule has 5 nitrogen and oxygen atoms in total. The number of anilines is 1. The summed E-state index contributed by atoms with van der Waals surface area (Å²) in [6.07, 6.45) is 2.35. The standard InChI is InChI=1S/C15H17FN2O3S/c1-15(19,11-4-3-5-12(16)8-11)10-18-14-7-6-13(9-17-14)22(2,20)21/h3-9,19H,10H2,1-2H3,(H,17,18). The number of nitrogens with zero attached hydrogens (tertiary/aromatic N) is 1. The van der Waals surface area contributed by atoms with Crippen molar-refractivity contribution in [2.45, 2.75) is 17.4 Å². The summed E-state index contributed by atoms with van der Waals surface area (Å²) >= 11 is 0. The number of nitrogens with one attached hydrogen (secondary N) is 1. The number of aromatic nitrogens is 1. The molecule has 0 aliphatic carbocycles. The van der Waals surface area contributed by atoms with Crippen molar-refractivity contribution < 1.29 is 17.9 Å². The molecule has 0 fully saturated rings. The lowest BCUT2D eigenvalue weighted by atomic mass is 9.96. The second kappa shape index (κ2) is 6.02. The summed E-state index contributed by atoms with van der Waals surface area (Å²) in [5, 5.41) is 13.3. The molecular formula is C15H17FN2O3S. The SMILES string of the molecule is CC(O)(CNc1ccc(S(C)(=O)=O)cn1)c1cccc(F)c1. The van der Waals surface area contributed by atoms with E-state index in [1.807, 2.05) is 0 Å². The highest BCUT2D eigenvalue weighted by atomic mass is 32.2. The molecule has 1 unspecified atom stereocenters. The summed E-state index contributed by atoms with van der Waals surface area (Å²) in [5.74, 6) is -0.00233. The molecule has 0 saturated carbocycles. The largest absolute Gasteiger partial charge is 0.384 e. The van der Waals surface area contributed by atoms with Gasteiger partial charge >= 0.3 is 0 Å². The predicted octanol–water partition coefficient (Wildman–Crippen LogP) is 1.94. The van der Waals surface area contributed by atoms with E-state index in [1.165, 1.54) is 36.5 Å². The fourth-order valence-corrected chi connectivity index (χ4v) is 2.45. The first kappa shape index (κ1) is 16.4. The number of pyridine rings is 1. The highest BCUT2D eigenvalue weighted by Crippen LogP contribution is 2.22. The first-order valence-corrected chi connectivity index (χ1v) is 8.46. The molecule has 2 aromatic rings. The van der Waals surface area contributed by atoms with Crippen LogP contribution in [0.5, 0.6) is 0 Å². The van der Waals surface area contributed by atoms with Crippen molar-refractivity contribution in [3.8, 4) is 0 Å². The number of rotatable bonds is 5. The summed E-state index contributed by atoms with van der Waals surface area (Å²) in [6.45, 7) is 1.65. The quantitative estimate of drug-likeness (QED) is 0.879. The molecular weight excluding hydrogens is 307 g/mol. The van der Waals surface area contributed by atoms with Gasteiger partial charge < -0.3 is 10.4 Å². The fraction of sp³-hybridized carbons (Fsp3) is 0.267. The van der Waals surface area contributed by atoms with Gasteiger partial charge in [0.2, 0.25) is 0 Å². The Morgan fingerprint density at radius 3 is 2.59 bits per heavy atom. The van der Waals surface area contributed by atoms with Gasteiger partial charge in [-0.15, -0.1) is 0 Å². The van der Waals surface area contributed by atoms with E-state index >= 15 is 0 Å². The number of sulfone groups is 1. The van der Waals surface area contributed by atoms with E-state index in [4.69, 9.17) is 0 Å². The van der Waals surface area contributed by atoms with Crippen LogP contribution in [0.4, 0.5) is 10.2 Å². The Morgan fingerprint density at radius 1 is 1.32 bits per heavy atom. The second-order valence-corrected chi connectivity index (χ2v) is 7.30. The molecule has 0 amide bonds. The molecule has 0 aliphatic rings. The van der Waals surface area contributed by atoms with Crippen LogP contribution in [-0.4, -0.2) is 31.3 Å². The Bertz CT molecular complexity index is 759. The second-order valence-electron chi connectivity index (χ2n) is 5.29. The molecule has 22 heavy (non-hydrogen) atoms. The summed E-state index contributed by atoms with van der Waals surface area (Å²) in [4.78, 5) is 4.10. The normalized spacial score (nSPS) is 14.4. The first-order chi connectivity index (χ1) is 10.2. The first-order valence-electron chi connectivity index (χ1n) is 6.57. The van der Waals surface area contributed by atoms with Crippen LogP contribution in [0.25, 0.3) is 0 Å². The van der Waals surface area contributed by atoms with Crippen molar-refractivity contribution >= 4 is 15.7 Å². The predicted molar refractivity (Wildman–Crippen MR) is 81.8 cm³/mol. The summed E-state index contributed by atoms with van der Waals surface area (Å²) in [6, 6.07) is 8.67. The Hall–Kier alpha value is -1.99. The minimum absolute atomic E-state index is 0.0989. The van der Waals surface area contributed by atoms with Gasteiger partial charge in [-0.25, -0.2) is 17.8 Å². The zero-order chi connectivity index (χ0) is 16.4. The Labute approximate surface area is 128 Å². The number of benzene rings is 1. The van der Waals surface area contributed by atoms with E-state index in [-0.39, 0.29) is 11.4 Å². The Kier molecular flexibility index (Phi) is 4.48. The van der Waals surface area contributed by atoms with Crippen molar-refractivity contribution in [2.75, 3.05) is 18.1 Å². The van der Waals surface area contributed by atoms with Gasteiger partial charge in [0.05, 0.1) is 4.90 Å². The molecule has 2 N–H and O–H groups in total. The maximum absolute atomic E-state index is 13.2. The van der Waals surface area contributed by atoms with Crippen LogP contribution in [0.2, 0.25) is 0 Å². The van der Waals surface area contributed by atoms with Gasteiger partial charge in [0.15, 0.2) is 9.84 Å². The number of halogens is 1. The minimum Gasteiger partial charge on any atom is -0.384 e. The summed E-state index contributed by atoms with van der Waals surface area (Å²) in [5.41, 5.74) is -0.855. The molecule has 2 rings (SSSR count). The lowest BCUT2D eigenvalue weighted by Crippen LogP contribution is -2.31. The third kappa shape index (κ3) is 4.02. The fourth-order valence-electron chi connectivity index (χ4n) is 1.89. The molecule has 1 aromatic heterocycles. The van der Waals surface area contributed by atoms with Crippen LogP contribution in [0.3, 0.4) is 0 Å². The highest BCUT2D eigenvalue weighted by molar-refractivity contribution is 7.90. The van der Waals surface area contributed by atoms with Gasteiger partial charge in [0.25, 0.3) is 0 Å². The maximum Gasteiger partial charge on any atom is 0.177 e. The van der Waals surface area contributed by atoms with Crippen LogP contribution in [0.1, 0.15) is 12.5 Å². The van der Waals surface area contributed by atoms with Crippen LogP contribution < -0.4 is 5.32 Å². The number of aliphatic hydroxyl groups is 1. The molecule has 0 spiro atoms. The van der Waals surface area contributed by atoms with Gasteiger partial charge in [-0.05, 0) is 36.8 Å². The molecule has 1 heterocycles. The molecule has 7 heteroatoms. The van der Waals surface area contributed by atoms with E-state index in [2.05, 4.69) is 10.3 Å². The van der Waals surface area contributed by atoms with Crippen molar-refractivity contribution in [1.29, 1.82) is 0 Å². The lowest BCUT2D eigenvalue weighted by Gasteiger charge is -2.24. The monoisotopic (exact) mass is 324 g/mol. The average Bonchev–Trinajstić information content (AvgIpc) is 2.45. The third-order valence-corrected chi connectivity index (χ3v) is 4.32. The van der Waals surface area contributed by atoms with Crippen molar-refractivity contribution in [3.05, 3.63) is 54.0 Å².